The number of alkyl halides is 1. The minimum Gasteiger partial charge on any atom is -0.363 e. The molecular formula is C10H14FN3. The van der Waals surface area contributed by atoms with Gasteiger partial charge in [-0.25, -0.2) is 9.37 Å². The lowest BCUT2D eigenvalue weighted by molar-refractivity contribution is 0.229. The zero-order chi connectivity index (χ0) is 9.80. The van der Waals surface area contributed by atoms with E-state index in [-0.39, 0.29) is 6.04 Å². The van der Waals surface area contributed by atoms with Crippen LogP contribution in [-0.2, 0) is 0 Å². The number of anilines is 1. The molecule has 0 aromatic carbocycles. The topological polar surface area (TPSA) is 37.8 Å². The molecule has 0 unspecified atom stereocenters. The fourth-order valence-corrected chi connectivity index (χ4v) is 1.81. The monoisotopic (exact) mass is 195 g/mol. The van der Waals surface area contributed by atoms with E-state index in [2.05, 4.69) is 15.3 Å². The van der Waals surface area contributed by atoms with Gasteiger partial charge in [0.1, 0.15) is 12.0 Å². The summed E-state index contributed by atoms with van der Waals surface area (Å²) in [5.41, 5.74) is 0. The normalized spacial score (nSPS) is 27.2. The Morgan fingerprint density at radius 1 is 1.29 bits per heavy atom. The standard InChI is InChI=1S/C10H14FN3/c11-8-3-1-2-4-9(8)14-10-7-12-5-6-13-10/h5-9H,1-4H2,(H,13,14)/t8-,9-/m1/s1. The van der Waals surface area contributed by atoms with Gasteiger partial charge in [-0.05, 0) is 12.8 Å². The first kappa shape index (κ1) is 9.37. The first-order valence-corrected chi connectivity index (χ1v) is 5.03. The lowest BCUT2D eigenvalue weighted by Crippen LogP contribution is -2.33. The van der Waals surface area contributed by atoms with Crippen molar-refractivity contribution in [3.05, 3.63) is 18.6 Å². The van der Waals surface area contributed by atoms with Crippen molar-refractivity contribution in [1.82, 2.24) is 9.97 Å². The first-order valence-electron chi connectivity index (χ1n) is 5.03. The van der Waals surface area contributed by atoms with E-state index in [1.54, 1.807) is 18.6 Å². The van der Waals surface area contributed by atoms with E-state index < -0.39 is 6.17 Å². The second kappa shape index (κ2) is 4.35. The lowest BCUT2D eigenvalue weighted by Gasteiger charge is -2.26. The molecule has 3 nitrogen and oxygen atoms in total. The van der Waals surface area contributed by atoms with Gasteiger partial charge in [0.15, 0.2) is 0 Å². The van der Waals surface area contributed by atoms with Gasteiger partial charge in [-0.2, -0.15) is 0 Å². The summed E-state index contributed by atoms with van der Waals surface area (Å²) in [6, 6.07) is -0.0829. The highest BCUT2D eigenvalue weighted by Gasteiger charge is 2.24. The molecule has 0 radical (unpaired) electrons. The molecule has 0 saturated heterocycles. The second-order valence-electron chi connectivity index (χ2n) is 3.64. The van der Waals surface area contributed by atoms with Crippen LogP contribution in [0.3, 0.4) is 0 Å². The van der Waals surface area contributed by atoms with Crippen LogP contribution in [-0.4, -0.2) is 22.2 Å². The van der Waals surface area contributed by atoms with Crippen LogP contribution in [0.1, 0.15) is 25.7 Å². The molecule has 2 atom stereocenters. The van der Waals surface area contributed by atoms with Crippen LogP contribution in [0.4, 0.5) is 10.2 Å². The van der Waals surface area contributed by atoms with Gasteiger partial charge in [0.05, 0.1) is 12.2 Å². The quantitative estimate of drug-likeness (QED) is 0.785. The van der Waals surface area contributed by atoms with Gasteiger partial charge in [0.2, 0.25) is 0 Å². The lowest BCUT2D eigenvalue weighted by atomic mass is 9.94. The maximum atomic E-state index is 13.4. The van der Waals surface area contributed by atoms with E-state index in [1.165, 1.54) is 0 Å². The number of hydrogen-bond acceptors (Lipinski definition) is 3. The van der Waals surface area contributed by atoms with E-state index in [1.807, 2.05) is 0 Å². The van der Waals surface area contributed by atoms with Crippen LogP contribution in [0.2, 0.25) is 0 Å². The average molecular weight is 195 g/mol. The molecule has 1 N–H and O–H groups in total. The van der Waals surface area contributed by atoms with E-state index >= 15 is 0 Å². The fourth-order valence-electron chi connectivity index (χ4n) is 1.81. The van der Waals surface area contributed by atoms with Gasteiger partial charge in [-0.3, -0.25) is 4.98 Å². The molecule has 1 aromatic heterocycles. The van der Waals surface area contributed by atoms with Crippen molar-refractivity contribution in [2.24, 2.45) is 0 Å². The predicted octanol–water partition coefficient (Wildman–Crippen LogP) is 2.17. The second-order valence-corrected chi connectivity index (χ2v) is 3.64. The van der Waals surface area contributed by atoms with Crippen LogP contribution in [0.15, 0.2) is 18.6 Å². The average Bonchev–Trinajstić information content (AvgIpc) is 2.23. The molecule has 0 amide bonds. The van der Waals surface area contributed by atoms with Crippen molar-refractivity contribution in [3.63, 3.8) is 0 Å². The highest BCUT2D eigenvalue weighted by Crippen LogP contribution is 2.23. The summed E-state index contributed by atoms with van der Waals surface area (Å²) in [7, 11) is 0. The minimum absolute atomic E-state index is 0.0829. The summed E-state index contributed by atoms with van der Waals surface area (Å²) in [5, 5.41) is 3.08. The van der Waals surface area contributed by atoms with Crippen LogP contribution in [0.5, 0.6) is 0 Å². The first-order chi connectivity index (χ1) is 6.86. The Morgan fingerprint density at radius 2 is 2.14 bits per heavy atom. The van der Waals surface area contributed by atoms with Gasteiger partial charge in [-0.1, -0.05) is 12.8 Å². The Bertz CT molecular complexity index is 278. The highest BCUT2D eigenvalue weighted by atomic mass is 19.1. The maximum Gasteiger partial charge on any atom is 0.144 e. The molecule has 0 bridgehead atoms. The zero-order valence-electron chi connectivity index (χ0n) is 7.99. The molecule has 1 aliphatic rings. The fraction of sp³-hybridized carbons (Fsp3) is 0.600. The largest absolute Gasteiger partial charge is 0.363 e. The van der Waals surface area contributed by atoms with Crippen molar-refractivity contribution in [2.45, 2.75) is 37.9 Å². The molecule has 1 fully saturated rings. The van der Waals surface area contributed by atoms with E-state index in [0.717, 1.165) is 19.3 Å². The van der Waals surface area contributed by atoms with E-state index in [0.29, 0.717) is 12.2 Å². The number of aromatic nitrogens is 2. The van der Waals surface area contributed by atoms with Crippen molar-refractivity contribution < 1.29 is 4.39 Å². The number of hydrogen-bond donors (Lipinski definition) is 1. The van der Waals surface area contributed by atoms with Crippen molar-refractivity contribution in [1.29, 1.82) is 0 Å². The van der Waals surface area contributed by atoms with E-state index in [9.17, 15) is 4.39 Å². The van der Waals surface area contributed by atoms with Crippen molar-refractivity contribution in [2.75, 3.05) is 5.32 Å². The molecule has 4 heteroatoms. The molecule has 1 aliphatic carbocycles. The van der Waals surface area contributed by atoms with E-state index in [4.69, 9.17) is 0 Å². The molecule has 14 heavy (non-hydrogen) atoms. The van der Waals surface area contributed by atoms with Gasteiger partial charge >= 0.3 is 0 Å². The number of nitrogens with one attached hydrogen (secondary N) is 1. The van der Waals surface area contributed by atoms with Crippen LogP contribution < -0.4 is 5.32 Å². The maximum absolute atomic E-state index is 13.4. The summed E-state index contributed by atoms with van der Waals surface area (Å²) < 4.78 is 13.4. The van der Waals surface area contributed by atoms with Gasteiger partial charge in [0, 0.05) is 12.4 Å². The van der Waals surface area contributed by atoms with Crippen molar-refractivity contribution >= 4 is 5.82 Å². The van der Waals surface area contributed by atoms with Gasteiger partial charge in [-0.15, -0.1) is 0 Å². The number of nitrogens with zero attached hydrogens (tertiary/aromatic N) is 2. The van der Waals surface area contributed by atoms with Crippen molar-refractivity contribution in [3.8, 4) is 0 Å². The Kier molecular flexibility index (Phi) is 2.91. The third-order valence-corrected chi connectivity index (χ3v) is 2.58. The van der Waals surface area contributed by atoms with Crippen LogP contribution in [0.25, 0.3) is 0 Å². The summed E-state index contributed by atoms with van der Waals surface area (Å²) in [5.74, 6) is 0.669. The molecule has 1 heterocycles. The molecule has 2 rings (SSSR count). The molecule has 76 valence electrons. The molecule has 1 saturated carbocycles. The Labute approximate surface area is 82.8 Å². The van der Waals surface area contributed by atoms with Gasteiger partial charge in [0.25, 0.3) is 0 Å². The number of rotatable bonds is 2. The minimum atomic E-state index is -0.745. The van der Waals surface area contributed by atoms with Gasteiger partial charge < -0.3 is 5.32 Å². The molecule has 0 aliphatic heterocycles. The molecular weight excluding hydrogens is 181 g/mol. The summed E-state index contributed by atoms with van der Waals surface area (Å²) in [6.07, 6.45) is 7.75. The number of halogens is 1. The third-order valence-electron chi connectivity index (χ3n) is 2.58. The molecule has 1 aromatic rings. The Hall–Kier alpha value is -1.19. The Morgan fingerprint density at radius 3 is 2.86 bits per heavy atom. The predicted molar refractivity (Wildman–Crippen MR) is 52.8 cm³/mol. The zero-order valence-corrected chi connectivity index (χ0v) is 7.99. The summed E-state index contributed by atoms with van der Waals surface area (Å²) in [6.45, 7) is 0. The molecule has 0 spiro atoms. The van der Waals surface area contributed by atoms with Crippen LogP contribution >= 0.6 is 0 Å². The summed E-state index contributed by atoms with van der Waals surface area (Å²) in [4.78, 5) is 7.99. The Balaban J connectivity index is 1.96. The SMILES string of the molecule is F[C@@H]1CCCC[C@H]1Nc1cnccn1. The third kappa shape index (κ3) is 2.19. The smallest absolute Gasteiger partial charge is 0.144 e. The highest BCUT2D eigenvalue weighted by molar-refractivity contribution is 5.32. The van der Waals surface area contributed by atoms with Crippen LogP contribution in [0, 0.1) is 0 Å². The summed E-state index contributed by atoms with van der Waals surface area (Å²) >= 11 is 0.